The number of ether oxygens (including phenoxy) is 1. The summed E-state index contributed by atoms with van der Waals surface area (Å²) < 4.78 is 5.12. The summed E-state index contributed by atoms with van der Waals surface area (Å²) in [7, 11) is 0. The fourth-order valence-corrected chi connectivity index (χ4v) is 2.24. The maximum absolute atomic E-state index is 11.7. The van der Waals surface area contributed by atoms with Crippen LogP contribution in [0.2, 0.25) is 0 Å². The molecule has 1 N–H and O–H groups in total. The molecule has 0 aromatic heterocycles. The molecule has 3 rings (SSSR count). The van der Waals surface area contributed by atoms with Crippen LogP contribution < -0.4 is 10.2 Å². The average molecular weight is 218 g/mol. The van der Waals surface area contributed by atoms with Crippen molar-refractivity contribution in [2.24, 2.45) is 0 Å². The standard InChI is InChI=1S/C12H14N2O2/c15-12-8-16-6-5-14(12)10-2-1-9-3-4-13-11(9)7-10/h1-2,7,13H,3-6,8H2. The number of carbonyl (C=O) groups excluding carboxylic acids is 1. The number of nitrogens with zero attached hydrogens (tertiary/aromatic N) is 1. The first-order valence-electron chi connectivity index (χ1n) is 5.59. The van der Waals surface area contributed by atoms with Crippen LogP contribution >= 0.6 is 0 Å². The van der Waals surface area contributed by atoms with Crippen LogP contribution in [0.25, 0.3) is 0 Å². The van der Waals surface area contributed by atoms with E-state index in [9.17, 15) is 4.79 Å². The van der Waals surface area contributed by atoms with Gasteiger partial charge in [-0.2, -0.15) is 0 Å². The number of hydrogen-bond acceptors (Lipinski definition) is 3. The smallest absolute Gasteiger partial charge is 0.253 e. The van der Waals surface area contributed by atoms with Crippen LogP contribution in [-0.2, 0) is 16.0 Å². The number of anilines is 2. The molecule has 2 heterocycles. The van der Waals surface area contributed by atoms with Crippen molar-refractivity contribution in [2.45, 2.75) is 6.42 Å². The molecule has 16 heavy (non-hydrogen) atoms. The van der Waals surface area contributed by atoms with Crippen molar-refractivity contribution in [1.82, 2.24) is 0 Å². The van der Waals surface area contributed by atoms with Crippen LogP contribution in [0.4, 0.5) is 11.4 Å². The Bertz CT molecular complexity index is 431. The number of rotatable bonds is 1. The quantitative estimate of drug-likeness (QED) is 0.765. The Morgan fingerprint density at radius 2 is 2.31 bits per heavy atom. The summed E-state index contributed by atoms with van der Waals surface area (Å²) in [6.45, 7) is 2.47. The monoisotopic (exact) mass is 218 g/mol. The molecule has 1 saturated heterocycles. The van der Waals surface area contributed by atoms with Gasteiger partial charge >= 0.3 is 0 Å². The Morgan fingerprint density at radius 1 is 1.38 bits per heavy atom. The number of fused-ring (bicyclic) bond motifs is 1. The zero-order valence-corrected chi connectivity index (χ0v) is 9.03. The molecule has 4 heteroatoms. The van der Waals surface area contributed by atoms with Crippen LogP contribution in [0.15, 0.2) is 18.2 Å². The minimum Gasteiger partial charge on any atom is -0.384 e. The van der Waals surface area contributed by atoms with Crippen molar-refractivity contribution in [2.75, 3.05) is 36.5 Å². The third-order valence-corrected chi connectivity index (χ3v) is 3.10. The van der Waals surface area contributed by atoms with Gasteiger partial charge in [0.15, 0.2) is 0 Å². The molecule has 0 unspecified atom stereocenters. The summed E-state index contributed by atoms with van der Waals surface area (Å²) in [6.07, 6.45) is 1.08. The second kappa shape index (κ2) is 3.79. The van der Waals surface area contributed by atoms with Crippen molar-refractivity contribution < 1.29 is 9.53 Å². The van der Waals surface area contributed by atoms with Crippen LogP contribution in [0, 0.1) is 0 Å². The Labute approximate surface area is 94.2 Å². The first-order valence-corrected chi connectivity index (χ1v) is 5.59. The Morgan fingerprint density at radius 3 is 3.19 bits per heavy atom. The van der Waals surface area contributed by atoms with E-state index in [-0.39, 0.29) is 12.5 Å². The maximum atomic E-state index is 11.7. The molecule has 1 aromatic rings. The lowest BCUT2D eigenvalue weighted by atomic mass is 10.1. The largest absolute Gasteiger partial charge is 0.384 e. The molecule has 1 aromatic carbocycles. The van der Waals surface area contributed by atoms with E-state index < -0.39 is 0 Å². The molecule has 0 radical (unpaired) electrons. The molecule has 4 nitrogen and oxygen atoms in total. The Kier molecular flexibility index (Phi) is 2.29. The molecule has 84 valence electrons. The minimum atomic E-state index is 0.0456. The zero-order chi connectivity index (χ0) is 11.0. The van der Waals surface area contributed by atoms with Gasteiger partial charge in [0, 0.05) is 24.5 Å². The van der Waals surface area contributed by atoms with E-state index in [2.05, 4.69) is 17.4 Å². The van der Waals surface area contributed by atoms with Crippen molar-refractivity contribution in [3.63, 3.8) is 0 Å². The van der Waals surface area contributed by atoms with E-state index in [0.29, 0.717) is 13.2 Å². The van der Waals surface area contributed by atoms with Gasteiger partial charge in [-0.15, -0.1) is 0 Å². The normalized spacial score (nSPS) is 19.5. The number of amides is 1. The van der Waals surface area contributed by atoms with Gasteiger partial charge < -0.3 is 15.0 Å². The summed E-state index contributed by atoms with van der Waals surface area (Å²) in [5.41, 5.74) is 3.47. The second-order valence-electron chi connectivity index (χ2n) is 4.12. The predicted octanol–water partition coefficient (Wildman–Crippen LogP) is 1.02. The van der Waals surface area contributed by atoms with Gasteiger partial charge in [-0.1, -0.05) is 6.07 Å². The molecular weight excluding hydrogens is 204 g/mol. The van der Waals surface area contributed by atoms with Gasteiger partial charge in [0.05, 0.1) is 6.61 Å². The lowest BCUT2D eigenvalue weighted by Gasteiger charge is -2.27. The van der Waals surface area contributed by atoms with E-state index in [1.807, 2.05) is 6.07 Å². The first-order chi connectivity index (χ1) is 7.84. The highest BCUT2D eigenvalue weighted by Crippen LogP contribution is 2.28. The number of hydrogen-bond donors (Lipinski definition) is 1. The highest BCUT2D eigenvalue weighted by atomic mass is 16.5. The molecule has 0 aliphatic carbocycles. The van der Waals surface area contributed by atoms with E-state index in [4.69, 9.17) is 4.74 Å². The summed E-state index contributed by atoms with van der Waals surface area (Å²) >= 11 is 0. The first kappa shape index (κ1) is 9.66. The molecular formula is C12H14N2O2. The topological polar surface area (TPSA) is 41.6 Å². The van der Waals surface area contributed by atoms with Crippen molar-refractivity contribution in [3.05, 3.63) is 23.8 Å². The fraction of sp³-hybridized carbons (Fsp3) is 0.417. The Hall–Kier alpha value is -1.55. The maximum Gasteiger partial charge on any atom is 0.253 e. The predicted molar refractivity (Wildman–Crippen MR) is 61.8 cm³/mol. The van der Waals surface area contributed by atoms with E-state index >= 15 is 0 Å². The van der Waals surface area contributed by atoms with E-state index in [0.717, 1.165) is 24.3 Å². The molecule has 0 spiro atoms. The average Bonchev–Trinajstić information content (AvgIpc) is 2.76. The lowest BCUT2D eigenvalue weighted by molar-refractivity contribution is -0.125. The van der Waals surface area contributed by atoms with Gasteiger partial charge in [-0.25, -0.2) is 0 Å². The highest BCUT2D eigenvalue weighted by Gasteiger charge is 2.21. The van der Waals surface area contributed by atoms with Crippen LogP contribution in [0.5, 0.6) is 0 Å². The summed E-state index contributed by atoms with van der Waals surface area (Å²) in [5, 5.41) is 3.33. The number of carbonyl (C=O) groups is 1. The summed E-state index contributed by atoms with van der Waals surface area (Å²) in [6, 6.07) is 6.19. The van der Waals surface area contributed by atoms with Crippen molar-refractivity contribution in [1.29, 1.82) is 0 Å². The van der Waals surface area contributed by atoms with Crippen molar-refractivity contribution in [3.8, 4) is 0 Å². The van der Waals surface area contributed by atoms with E-state index in [1.165, 1.54) is 5.56 Å². The Balaban J connectivity index is 1.91. The molecule has 2 aliphatic rings. The van der Waals surface area contributed by atoms with Crippen LogP contribution in [-0.4, -0.2) is 32.2 Å². The van der Waals surface area contributed by atoms with Crippen LogP contribution in [0.3, 0.4) is 0 Å². The molecule has 1 fully saturated rings. The van der Waals surface area contributed by atoms with E-state index in [1.54, 1.807) is 4.90 Å². The summed E-state index contributed by atoms with van der Waals surface area (Å²) in [4.78, 5) is 13.5. The highest BCUT2D eigenvalue weighted by molar-refractivity contribution is 5.95. The summed E-state index contributed by atoms with van der Waals surface area (Å²) in [5.74, 6) is 0.0456. The SMILES string of the molecule is O=C1COCCN1c1ccc2c(c1)NCC2. The number of benzene rings is 1. The van der Waals surface area contributed by atoms with Gasteiger partial charge in [0.25, 0.3) is 5.91 Å². The number of morpholine rings is 1. The third kappa shape index (κ3) is 1.55. The zero-order valence-electron chi connectivity index (χ0n) is 9.03. The van der Waals surface area contributed by atoms with Gasteiger partial charge in [-0.3, -0.25) is 4.79 Å². The van der Waals surface area contributed by atoms with Gasteiger partial charge in [0.1, 0.15) is 6.61 Å². The molecule has 2 aliphatic heterocycles. The molecule has 0 bridgehead atoms. The molecule has 1 amide bonds. The second-order valence-corrected chi connectivity index (χ2v) is 4.12. The fourth-order valence-electron chi connectivity index (χ4n) is 2.24. The molecule has 0 saturated carbocycles. The minimum absolute atomic E-state index is 0.0456. The van der Waals surface area contributed by atoms with Crippen molar-refractivity contribution >= 4 is 17.3 Å². The third-order valence-electron chi connectivity index (χ3n) is 3.10. The number of nitrogens with one attached hydrogen (secondary N) is 1. The molecule has 0 atom stereocenters. The lowest BCUT2D eigenvalue weighted by Crippen LogP contribution is -2.41. The van der Waals surface area contributed by atoms with Gasteiger partial charge in [-0.05, 0) is 24.1 Å². The van der Waals surface area contributed by atoms with Gasteiger partial charge in [0.2, 0.25) is 0 Å². The van der Waals surface area contributed by atoms with Crippen LogP contribution in [0.1, 0.15) is 5.56 Å².